The van der Waals surface area contributed by atoms with Gasteiger partial charge in [-0.15, -0.1) is 0 Å². The first-order valence-corrected chi connectivity index (χ1v) is 7.53. The van der Waals surface area contributed by atoms with Gasteiger partial charge in [0, 0.05) is 6.04 Å². The topological polar surface area (TPSA) is 88.9 Å². The van der Waals surface area contributed by atoms with Gasteiger partial charge in [-0.25, -0.2) is 4.79 Å². The number of urea groups is 1. The van der Waals surface area contributed by atoms with E-state index in [4.69, 9.17) is 4.74 Å². The highest BCUT2D eigenvalue weighted by Gasteiger charge is 2.30. The molecule has 0 radical (unpaired) electrons. The lowest BCUT2D eigenvalue weighted by atomic mass is 9.98. The lowest BCUT2D eigenvalue weighted by molar-refractivity contribution is -0.899. The molecule has 0 aromatic carbocycles. The summed E-state index contributed by atoms with van der Waals surface area (Å²) in [5, 5.41) is 4.90. The van der Waals surface area contributed by atoms with E-state index in [0.29, 0.717) is 13.2 Å². The fourth-order valence-electron chi connectivity index (χ4n) is 2.47. The van der Waals surface area contributed by atoms with Crippen LogP contribution in [0, 0.1) is 5.92 Å². The standard InChI is InChI=1S/C14H25N3O4/c1-4-21-13(19)11-6-5-7-17(8-11)9-12(18)16-14(20)15-10(2)3/h10-11H,4-9H2,1-3H3,(H2,15,16,18,20)/p+1/t11-/m1/s1. The van der Waals surface area contributed by atoms with Crippen molar-refractivity contribution in [2.24, 2.45) is 5.92 Å². The normalized spacial score (nSPS) is 21.7. The zero-order valence-electron chi connectivity index (χ0n) is 13.0. The fraction of sp³-hybridized carbons (Fsp3) is 0.786. The van der Waals surface area contributed by atoms with Crippen LogP contribution in [0.1, 0.15) is 33.6 Å². The minimum Gasteiger partial charge on any atom is -0.466 e. The maximum atomic E-state index is 11.8. The number of carbonyl (C=O) groups excluding carboxylic acids is 3. The van der Waals surface area contributed by atoms with Gasteiger partial charge in [0.05, 0.1) is 19.7 Å². The van der Waals surface area contributed by atoms with Gasteiger partial charge >= 0.3 is 12.0 Å². The van der Waals surface area contributed by atoms with Gasteiger partial charge in [0.2, 0.25) is 0 Å². The smallest absolute Gasteiger partial charge is 0.321 e. The Hall–Kier alpha value is -1.63. The molecule has 3 N–H and O–H groups in total. The van der Waals surface area contributed by atoms with Crippen LogP contribution in [0.2, 0.25) is 0 Å². The lowest BCUT2D eigenvalue weighted by Crippen LogP contribution is -3.15. The Labute approximate surface area is 125 Å². The van der Waals surface area contributed by atoms with Crippen LogP contribution in [0.15, 0.2) is 0 Å². The van der Waals surface area contributed by atoms with Gasteiger partial charge in [0.25, 0.3) is 5.91 Å². The average molecular weight is 300 g/mol. The Morgan fingerprint density at radius 1 is 1.33 bits per heavy atom. The zero-order valence-corrected chi connectivity index (χ0v) is 13.0. The number of quaternary nitrogens is 1. The number of rotatable bonds is 5. The SMILES string of the molecule is CCOC(=O)[C@@H]1CCC[NH+](CC(=O)NC(=O)NC(C)C)C1. The van der Waals surface area contributed by atoms with Crippen molar-refractivity contribution < 1.29 is 24.0 Å². The van der Waals surface area contributed by atoms with Crippen LogP contribution in [0.4, 0.5) is 4.79 Å². The van der Waals surface area contributed by atoms with Gasteiger partial charge in [-0.05, 0) is 33.6 Å². The second-order valence-electron chi connectivity index (χ2n) is 5.65. The predicted molar refractivity (Wildman–Crippen MR) is 76.7 cm³/mol. The first-order chi connectivity index (χ1) is 9.92. The van der Waals surface area contributed by atoms with E-state index in [2.05, 4.69) is 10.6 Å². The molecule has 0 aromatic heterocycles. The number of carbonyl (C=O) groups is 3. The molecule has 0 aromatic rings. The largest absolute Gasteiger partial charge is 0.466 e. The molecule has 1 aliphatic heterocycles. The summed E-state index contributed by atoms with van der Waals surface area (Å²) in [6.45, 7) is 7.41. The molecule has 7 heteroatoms. The highest BCUT2D eigenvalue weighted by atomic mass is 16.5. The van der Waals surface area contributed by atoms with Gasteiger partial charge in [0.15, 0.2) is 6.54 Å². The molecule has 7 nitrogen and oxygen atoms in total. The molecule has 120 valence electrons. The van der Waals surface area contributed by atoms with Crippen molar-refractivity contribution in [2.45, 2.75) is 39.7 Å². The van der Waals surface area contributed by atoms with Crippen LogP contribution in [-0.4, -0.2) is 50.2 Å². The van der Waals surface area contributed by atoms with Crippen LogP contribution in [0.3, 0.4) is 0 Å². The third kappa shape index (κ3) is 6.57. The van der Waals surface area contributed by atoms with E-state index in [1.54, 1.807) is 6.92 Å². The number of nitrogens with one attached hydrogen (secondary N) is 3. The van der Waals surface area contributed by atoms with Gasteiger partial charge < -0.3 is 15.0 Å². The molecule has 0 bridgehead atoms. The Bertz CT molecular complexity index is 384. The summed E-state index contributed by atoms with van der Waals surface area (Å²) < 4.78 is 5.03. The molecule has 1 fully saturated rings. The fourth-order valence-corrected chi connectivity index (χ4v) is 2.47. The van der Waals surface area contributed by atoms with E-state index >= 15 is 0 Å². The van der Waals surface area contributed by atoms with Crippen molar-refractivity contribution in [3.63, 3.8) is 0 Å². The number of hydrogen-bond acceptors (Lipinski definition) is 4. The number of ether oxygens (including phenoxy) is 1. The van der Waals surface area contributed by atoms with Crippen LogP contribution >= 0.6 is 0 Å². The van der Waals surface area contributed by atoms with Crippen LogP contribution < -0.4 is 15.5 Å². The molecule has 0 saturated carbocycles. The molecule has 1 rings (SSSR count). The molecule has 21 heavy (non-hydrogen) atoms. The highest BCUT2D eigenvalue weighted by Crippen LogP contribution is 2.09. The summed E-state index contributed by atoms with van der Waals surface area (Å²) in [5.41, 5.74) is 0. The van der Waals surface area contributed by atoms with Gasteiger partial charge in [-0.1, -0.05) is 0 Å². The van der Waals surface area contributed by atoms with Crippen molar-refractivity contribution in [1.29, 1.82) is 0 Å². The molecule has 1 heterocycles. The Balaban J connectivity index is 2.38. The summed E-state index contributed by atoms with van der Waals surface area (Å²) in [6, 6.07) is -0.498. The number of esters is 1. The third-order valence-corrected chi connectivity index (χ3v) is 3.32. The van der Waals surface area contributed by atoms with Crippen LogP contribution in [0.25, 0.3) is 0 Å². The molecule has 1 unspecified atom stereocenters. The number of amides is 3. The minimum atomic E-state index is -0.478. The maximum Gasteiger partial charge on any atom is 0.321 e. The van der Waals surface area contributed by atoms with Gasteiger partial charge in [0.1, 0.15) is 5.92 Å². The maximum absolute atomic E-state index is 11.8. The van der Waals surface area contributed by atoms with Crippen molar-refractivity contribution in [3.05, 3.63) is 0 Å². The summed E-state index contributed by atoms with van der Waals surface area (Å²) in [5.74, 6) is -0.661. The molecular weight excluding hydrogens is 274 g/mol. The molecule has 1 aliphatic rings. The second-order valence-corrected chi connectivity index (χ2v) is 5.65. The van der Waals surface area contributed by atoms with Crippen molar-refractivity contribution in [1.82, 2.24) is 10.6 Å². The van der Waals surface area contributed by atoms with E-state index in [9.17, 15) is 14.4 Å². The summed E-state index contributed by atoms with van der Waals surface area (Å²) in [4.78, 5) is 36.0. The monoisotopic (exact) mass is 300 g/mol. The van der Waals surface area contributed by atoms with Crippen molar-refractivity contribution in [2.75, 3.05) is 26.2 Å². The Morgan fingerprint density at radius 2 is 2.05 bits per heavy atom. The number of hydrogen-bond donors (Lipinski definition) is 3. The first kappa shape index (κ1) is 17.4. The van der Waals surface area contributed by atoms with E-state index in [1.807, 2.05) is 13.8 Å². The lowest BCUT2D eigenvalue weighted by Gasteiger charge is -2.28. The quantitative estimate of drug-likeness (QED) is 0.573. The predicted octanol–water partition coefficient (Wildman–Crippen LogP) is -0.921. The number of imide groups is 1. The van der Waals surface area contributed by atoms with Crippen molar-refractivity contribution in [3.8, 4) is 0 Å². The minimum absolute atomic E-state index is 0.0201. The number of likely N-dealkylation sites (tertiary alicyclic amines) is 1. The molecule has 0 aliphatic carbocycles. The summed E-state index contributed by atoms with van der Waals surface area (Å²) in [6.07, 6.45) is 1.68. The summed E-state index contributed by atoms with van der Waals surface area (Å²) in [7, 11) is 0. The van der Waals surface area contributed by atoms with Crippen molar-refractivity contribution >= 4 is 17.9 Å². The van der Waals surface area contributed by atoms with E-state index < -0.39 is 6.03 Å². The number of piperidine rings is 1. The van der Waals surface area contributed by atoms with Gasteiger partial charge in [-0.3, -0.25) is 14.9 Å². The van der Waals surface area contributed by atoms with Crippen LogP contribution in [-0.2, 0) is 14.3 Å². The molecular formula is C14H26N3O4+. The van der Waals surface area contributed by atoms with E-state index in [0.717, 1.165) is 24.3 Å². The zero-order chi connectivity index (χ0) is 15.8. The average Bonchev–Trinajstić information content (AvgIpc) is 2.37. The third-order valence-electron chi connectivity index (χ3n) is 3.32. The molecule has 0 spiro atoms. The van der Waals surface area contributed by atoms with E-state index in [1.165, 1.54) is 0 Å². The Morgan fingerprint density at radius 3 is 2.67 bits per heavy atom. The second kappa shape index (κ2) is 8.61. The highest BCUT2D eigenvalue weighted by molar-refractivity contribution is 5.94. The van der Waals surface area contributed by atoms with Crippen LogP contribution in [0.5, 0.6) is 0 Å². The molecule has 1 saturated heterocycles. The Kier molecular flexibility index (Phi) is 7.14. The molecule has 2 atom stereocenters. The summed E-state index contributed by atoms with van der Waals surface area (Å²) >= 11 is 0. The van der Waals surface area contributed by atoms with E-state index in [-0.39, 0.29) is 30.4 Å². The molecule has 3 amide bonds. The first-order valence-electron chi connectivity index (χ1n) is 7.53. The van der Waals surface area contributed by atoms with Gasteiger partial charge in [-0.2, -0.15) is 0 Å².